The zero-order chi connectivity index (χ0) is 30.6. The molecular formula is C33H34N8O3. The van der Waals surface area contributed by atoms with Gasteiger partial charge in [0.2, 0.25) is 5.82 Å². The Balaban J connectivity index is 1.06. The van der Waals surface area contributed by atoms with Crippen LogP contribution in [0.1, 0.15) is 64.0 Å². The van der Waals surface area contributed by atoms with E-state index in [1.165, 1.54) is 11.6 Å². The van der Waals surface area contributed by atoms with Gasteiger partial charge >= 0.3 is 5.97 Å². The largest absolute Gasteiger partial charge is 0.476 e. The Morgan fingerprint density at radius 2 is 1.73 bits per heavy atom. The normalized spacial score (nSPS) is 23.2. The number of carboxylic acids is 1. The number of fused-ring (bicyclic) bond motifs is 1. The first kappa shape index (κ1) is 27.8. The maximum atomic E-state index is 13.6. The molecule has 0 saturated carbocycles. The molecule has 0 radical (unpaired) electrons. The van der Waals surface area contributed by atoms with Crippen LogP contribution < -0.4 is 9.80 Å². The highest BCUT2D eigenvalue weighted by molar-refractivity contribution is 5.91. The molecule has 0 aliphatic carbocycles. The third-order valence-corrected chi connectivity index (χ3v) is 9.79. The average molecular weight is 591 g/mol. The summed E-state index contributed by atoms with van der Waals surface area (Å²) in [7, 11) is 0. The lowest BCUT2D eigenvalue weighted by atomic mass is 9.82. The average Bonchev–Trinajstić information content (AvgIpc) is 3.84. The molecule has 4 aromatic rings. The van der Waals surface area contributed by atoms with Crippen molar-refractivity contribution in [2.75, 3.05) is 49.1 Å². The summed E-state index contributed by atoms with van der Waals surface area (Å²) in [5, 5.41) is 23.4. The van der Waals surface area contributed by atoms with E-state index >= 15 is 0 Å². The number of hydrogen-bond acceptors (Lipinski definition) is 8. The molecule has 6 heterocycles. The summed E-state index contributed by atoms with van der Waals surface area (Å²) in [6.45, 7) is 8.74. The Morgan fingerprint density at radius 1 is 0.955 bits per heavy atom. The zero-order valence-electron chi connectivity index (χ0n) is 24.9. The van der Waals surface area contributed by atoms with Crippen LogP contribution in [-0.2, 0) is 5.41 Å². The lowest BCUT2D eigenvalue weighted by Crippen LogP contribution is -2.34. The second kappa shape index (κ2) is 10.3. The van der Waals surface area contributed by atoms with Crippen LogP contribution in [0.4, 0.5) is 11.5 Å². The number of aromatic nitrogens is 4. The van der Waals surface area contributed by atoms with Gasteiger partial charge in [-0.2, -0.15) is 5.26 Å². The molecule has 224 valence electrons. The number of benzene rings is 1. The summed E-state index contributed by atoms with van der Waals surface area (Å²) < 4.78 is 1.75. The number of nitriles is 1. The van der Waals surface area contributed by atoms with Gasteiger partial charge in [-0.1, -0.05) is 37.3 Å². The fourth-order valence-electron chi connectivity index (χ4n) is 7.24. The number of aryl methyl sites for hydroxylation is 1. The highest BCUT2D eigenvalue weighted by Crippen LogP contribution is 2.41. The number of anilines is 2. The molecule has 11 nitrogen and oxygen atoms in total. The molecule has 7 rings (SSSR count). The Kier molecular flexibility index (Phi) is 6.53. The van der Waals surface area contributed by atoms with E-state index in [2.05, 4.69) is 68.2 Å². The quantitative estimate of drug-likeness (QED) is 0.368. The number of rotatable bonds is 5. The Hall–Kier alpha value is -4.98. The number of carbonyl (C=O) groups is 2. The van der Waals surface area contributed by atoms with Gasteiger partial charge in [0.1, 0.15) is 11.9 Å². The molecule has 0 bridgehead atoms. The van der Waals surface area contributed by atoms with Crippen molar-refractivity contribution in [2.24, 2.45) is 5.41 Å². The van der Waals surface area contributed by atoms with E-state index in [9.17, 15) is 20.0 Å². The third-order valence-electron chi connectivity index (χ3n) is 9.79. The predicted octanol–water partition coefficient (Wildman–Crippen LogP) is 3.91. The van der Waals surface area contributed by atoms with Crippen molar-refractivity contribution in [1.29, 1.82) is 5.26 Å². The molecular weight excluding hydrogens is 556 g/mol. The number of carbonyl (C=O) groups excluding carboxylic acids is 1. The molecule has 1 aromatic carbocycles. The number of aromatic carboxylic acids is 1. The minimum absolute atomic E-state index is 0.0428. The fraction of sp³-hybridized carbons (Fsp3) is 0.394. The van der Waals surface area contributed by atoms with Gasteiger partial charge < -0.3 is 19.8 Å². The van der Waals surface area contributed by atoms with Crippen molar-refractivity contribution in [3.63, 3.8) is 0 Å². The van der Waals surface area contributed by atoms with E-state index in [1.54, 1.807) is 10.6 Å². The monoisotopic (exact) mass is 590 g/mol. The maximum Gasteiger partial charge on any atom is 0.355 e. The summed E-state index contributed by atoms with van der Waals surface area (Å²) in [5.74, 6) is -0.651. The maximum absolute atomic E-state index is 13.6. The lowest BCUT2D eigenvalue weighted by Gasteiger charge is -2.26. The van der Waals surface area contributed by atoms with Gasteiger partial charge in [0.25, 0.3) is 5.91 Å². The second-order valence-electron chi connectivity index (χ2n) is 12.8. The van der Waals surface area contributed by atoms with E-state index < -0.39 is 5.97 Å². The van der Waals surface area contributed by atoms with Crippen LogP contribution >= 0.6 is 0 Å². The molecule has 3 aromatic heterocycles. The minimum Gasteiger partial charge on any atom is -0.476 e. The van der Waals surface area contributed by atoms with Crippen molar-refractivity contribution in [1.82, 2.24) is 24.5 Å². The molecule has 3 fully saturated rings. The molecule has 3 saturated heterocycles. The van der Waals surface area contributed by atoms with Crippen molar-refractivity contribution in [3.05, 3.63) is 82.9 Å². The van der Waals surface area contributed by atoms with Gasteiger partial charge in [-0.25, -0.2) is 19.3 Å². The van der Waals surface area contributed by atoms with Crippen LogP contribution in [0, 0.1) is 23.7 Å². The number of pyridine rings is 2. The number of carboxylic acid groups (broad SMARTS) is 1. The number of nitrogens with zero attached hydrogens (tertiary/aromatic N) is 8. The van der Waals surface area contributed by atoms with E-state index in [1.807, 2.05) is 24.1 Å². The van der Waals surface area contributed by atoms with Crippen molar-refractivity contribution in [2.45, 2.75) is 38.5 Å². The van der Waals surface area contributed by atoms with Gasteiger partial charge in [-0.3, -0.25) is 4.79 Å². The van der Waals surface area contributed by atoms with Crippen LogP contribution in [0.15, 0.2) is 54.7 Å². The first-order valence-electron chi connectivity index (χ1n) is 15.0. The van der Waals surface area contributed by atoms with Crippen LogP contribution in [0.25, 0.3) is 5.65 Å². The fourth-order valence-corrected chi connectivity index (χ4v) is 7.24. The highest BCUT2D eigenvalue weighted by atomic mass is 16.4. The Bertz CT molecular complexity index is 1830. The summed E-state index contributed by atoms with van der Waals surface area (Å²) in [5.41, 5.74) is 3.85. The summed E-state index contributed by atoms with van der Waals surface area (Å²) in [6.07, 6.45) is 4.74. The van der Waals surface area contributed by atoms with E-state index in [0.717, 1.165) is 43.6 Å². The van der Waals surface area contributed by atoms with Crippen molar-refractivity contribution in [3.8, 4) is 6.07 Å². The molecule has 1 spiro atoms. The minimum atomic E-state index is -1.22. The summed E-state index contributed by atoms with van der Waals surface area (Å²) >= 11 is 0. The van der Waals surface area contributed by atoms with Crippen molar-refractivity contribution < 1.29 is 14.7 Å². The lowest BCUT2D eigenvalue weighted by molar-refractivity contribution is 0.0689. The predicted molar refractivity (Wildman–Crippen MR) is 164 cm³/mol. The van der Waals surface area contributed by atoms with E-state index in [0.29, 0.717) is 37.6 Å². The molecule has 3 aliphatic heterocycles. The number of likely N-dealkylation sites (tertiary alicyclic amines) is 1. The third kappa shape index (κ3) is 4.71. The SMILES string of the molecule is Cc1cc(N2CC[C@](C)(c3ccccc3)C2)cn2nc(C(=O)N3CCC4(CCN(c5ccc(C#N)c(C(=O)O)n5)C4)C3)nc12. The molecule has 11 heteroatoms. The smallest absolute Gasteiger partial charge is 0.355 e. The molecule has 2 atom stereocenters. The van der Waals surface area contributed by atoms with Gasteiger partial charge in [-0.05, 0) is 55.5 Å². The van der Waals surface area contributed by atoms with Gasteiger partial charge in [0, 0.05) is 50.1 Å². The first-order valence-corrected chi connectivity index (χ1v) is 15.0. The highest BCUT2D eigenvalue weighted by Gasteiger charge is 2.46. The Labute approximate surface area is 255 Å². The van der Waals surface area contributed by atoms with Crippen LogP contribution in [0.2, 0.25) is 0 Å². The van der Waals surface area contributed by atoms with E-state index in [-0.39, 0.29) is 33.8 Å². The summed E-state index contributed by atoms with van der Waals surface area (Å²) in [6, 6.07) is 17.9. The topological polar surface area (TPSA) is 131 Å². The molecule has 1 N–H and O–H groups in total. The van der Waals surface area contributed by atoms with E-state index in [4.69, 9.17) is 0 Å². The van der Waals surface area contributed by atoms with Crippen LogP contribution in [0.3, 0.4) is 0 Å². The van der Waals surface area contributed by atoms with Gasteiger partial charge in [-0.15, -0.1) is 5.10 Å². The van der Waals surface area contributed by atoms with Crippen LogP contribution in [-0.4, -0.2) is 80.7 Å². The number of amides is 1. The van der Waals surface area contributed by atoms with Gasteiger partial charge in [0.05, 0.1) is 17.4 Å². The first-order chi connectivity index (χ1) is 21.2. The van der Waals surface area contributed by atoms with Crippen molar-refractivity contribution >= 4 is 29.0 Å². The molecule has 3 aliphatic rings. The second-order valence-corrected chi connectivity index (χ2v) is 12.8. The molecule has 1 unspecified atom stereocenters. The van der Waals surface area contributed by atoms with Gasteiger partial charge in [0.15, 0.2) is 11.3 Å². The standard InChI is InChI=1S/C33H34N8O3/c1-22-16-25(38-13-10-32(2,19-38)24-6-4-3-5-7-24)18-41-29(22)36-28(37-41)30(42)40-15-12-33(21-40)11-14-39(20-33)26-9-8-23(17-34)27(35-26)31(43)44/h3-9,16,18H,10-15,19-21H2,1-2H3,(H,43,44)/t32-,33?/m0/s1. The number of hydrogen-bond donors (Lipinski definition) is 1. The zero-order valence-corrected chi connectivity index (χ0v) is 24.9. The Morgan fingerprint density at radius 3 is 2.50 bits per heavy atom. The molecule has 44 heavy (non-hydrogen) atoms. The molecule has 1 amide bonds. The summed E-state index contributed by atoms with van der Waals surface area (Å²) in [4.78, 5) is 40.5. The van der Waals surface area contributed by atoms with Crippen LogP contribution in [0.5, 0.6) is 0 Å².